The molecular weight excluding hydrogens is 484 g/mol. The minimum absolute atomic E-state index is 0. The number of benzene rings is 2. The fourth-order valence-corrected chi connectivity index (χ4v) is 2.88. The number of rotatable bonds is 13. The second-order valence-electron chi connectivity index (χ2n) is 7.50. The van der Waals surface area contributed by atoms with E-state index in [0.29, 0.717) is 56.4 Å². The zero-order chi connectivity index (χ0) is 25.9. The van der Waals surface area contributed by atoms with Crippen LogP contribution in [0.15, 0.2) is 58.8 Å². The number of hydrogen-bond acceptors (Lipinski definition) is 6. The topological polar surface area (TPSA) is 187 Å². The Morgan fingerprint density at radius 3 is 1.58 bits per heavy atom. The van der Waals surface area contributed by atoms with Gasteiger partial charge in [-0.3, -0.25) is 14.4 Å². The smallest absolute Gasteiger partial charge is 0.216 e. The quantitative estimate of drug-likeness (QED) is 0.118. The Morgan fingerprint density at radius 1 is 0.806 bits per heavy atom. The van der Waals surface area contributed by atoms with Crippen LogP contribution in [0, 0.1) is 0 Å². The van der Waals surface area contributed by atoms with Crippen molar-refractivity contribution in [1.29, 1.82) is 0 Å². The van der Waals surface area contributed by atoms with E-state index >= 15 is 0 Å². The molecule has 2 aromatic carbocycles. The van der Waals surface area contributed by atoms with Gasteiger partial charge in [-0.15, -0.1) is 12.4 Å². The molecule has 0 bridgehead atoms. The molecular formula is C24H31ClN8O3. The van der Waals surface area contributed by atoms with E-state index in [4.69, 9.17) is 16.8 Å². The molecule has 0 spiro atoms. The van der Waals surface area contributed by atoms with Crippen molar-refractivity contribution >= 4 is 29.9 Å². The van der Waals surface area contributed by atoms with Gasteiger partial charge in [-0.05, 0) is 41.6 Å². The van der Waals surface area contributed by atoms with Crippen LogP contribution < -0.4 is 11.1 Å². The number of halogens is 1. The SMILES string of the molecule is CC(=O)NCCCC(=O)c1ccc(CN=[N+]=[N-])cc1.Cl.[N-]=[N+]=NCc1ccc(C(=O)CCCN)cc1. The highest BCUT2D eigenvalue weighted by molar-refractivity contribution is 5.96. The molecule has 36 heavy (non-hydrogen) atoms. The molecule has 2 rings (SSSR count). The van der Waals surface area contributed by atoms with Crippen molar-refractivity contribution in [2.45, 2.75) is 45.7 Å². The summed E-state index contributed by atoms with van der Waals surface area (Å²) in [5.41, 5.74) is 24.8. The van der Waals surface area contributed by atoms with Crippen LogP contribution >= 0.6 is 12.4 Å². The van der Waals surface area contributed by atoms with Crippen molar-refractivity contribution in [3.05, 3.63) is 91.7 Å². The second kappa shape index (κ2) is 19.4. The molecule has 192 valence electrons. The number of nitrogens with two attached hydrogens (primary N) is 1. The highest BCUT2D eigenvalue weighted by atomic mass is 35.5. The van der Waals surface area contributed by atoms with Crippen molar-refractivity contribution in [1.82, 2.24) is 5.32 Å². The lowest BCUT2D eigenvalue weighted by molar-refractivity contribution is -0.118. The molecule has 0 saturated heterocycles. The van der Waals surface area contributed by atoms with Gasteiger partial charge in [-0.1, -0.05) is 58.8 Å². The molecule has 0 atom stereocenters. The van der Waals surface area contributed by atoms with Crippen molar-refractivity contribution in [3.63, 3.8) is 0 Å². The Balaban J connectivity index is 0.000000671. The lowest BCUT2D eigenvalue weighted by Gasteiger charge is -2.03. The molecule has 0 saturated carbocycles. The Morgan fingerprint density at radius 2 is 1.22 bits per heavy atom. The summed E-state index contributed by atoms with van der Waals surface area (Å²) < 4.78 is 0. The summed E-state index contributed by atoms with van der Waals surface area (Å²) in [7, 11) is 0. The molecule has 2 aromatic rings. The first-order chi connectivity index (χ1) is 16.9. The van der Waals surface area contributed by atoms with E-state index in [-0.39, 0.29) is 36.4 Å². The molecule has 1 amide bonds. The highest BCUT2D eigenvalue weighted by Crippen LogP contribution is 2.10. The first kappa shape index (κ1) is 32.1. The third-order valence-electron chi connectivity index (χ3n) is 4.75. The van der Waals surface area contributed by atoms with Gasteiger partial charge < -0.3 is 11.1 Å². The zero-order valence-electron chi connectivity index (χ0n) is 20.2. The molecule has 0 aliphatic carbocycles. The first-order valence-electron chi connectivity index (χ1n) is 11.1. The maximum atomic E-state index is 11.8. The van der Waals surface area contributed by atoms with E-state index in [1.54, 1.807) is 48.5 Å². The van der Waals surface area contributed by atoms with Crippen LogP contribution in [-0.2, 0) is 17.9 Å². The van der Waals surface area contributed by atoms with Crippen LogP contribution in [0.4, 0.5) is 0 Å². The normalized spacial score (nSPS) is 9.28. The van der Waals surface area contributed by atoms with E-state index in [1.165, 1.54) is 6.92 Å². The van der Waals surface area contributed by atoms with Gasteiger partial charge in [0.05, 0.1) is 13.1 Å². The number of carbonyl (C=O) groups excluding carboxylic acids is 3. The number of azide groups is 2. The number of ketones is 2. The van der Waals surface area contributed by atoms with Gasteiger partial charge >= 0.3 is 0 Å². The summed E-state index contributed by atoms with van der Waals surface area (Å²) in [5.74, 6) is 0.0521. The fraction of sp³-hybridized carbons (Fsp3) is 0.375. The Hall–Kier alpha value is -3.88. The number of amides is 1. The van der Waals surface area contributed by atoms with Crippen molar-refractivity contribution in [2.75, 3.05) is 13.1 Å². The van der Waals surface area contributed by atoms with Gasteiger partial charge in [0.2, 0.25) is 5.91 Å². The molecule has 0 aromatic heterocycles. The van der Waals surface area contributed by atoms with E-state index < -0.39 is 0 Å². The summed E-state index contributed by atoms with van der Waals surface area (Å²) >= 11 is 0. The van der Waals surface area contributed by atoms with Crippen LogP contribution in [0.5, 0.6) is 0 Å². The van der Waals surface area contributed by atoms with Crippen molar-refractivity contribution < 1.29 is 14.4 Å². The second-order valence-corrected chi connectivity index (χ2v) is 7.50. The summed E-state index contributed by atoms with van der Waals surface area (Å²) in [4.78, 5) is 39.4. The minimum Gasteiger partial charge on any atom is -0.356 e. The number of nitrogens with one attached hydrogen (secondary N) is 1. The van der Waals surface area contributed by atoms with Crippen LogP contribution in [0.1, 0.15) is 64.4 Å². The number of nitrogens with zero attached hydrogens (tertiary/aromatic N) is 6. The van der Waals surface area contributed by atoms with E-state index in [2.05, 4.69) is 25.4 Å². The average Bonchev–Trinajstić information content (AvgIpc) is 2.88. The summed E-state index contributed by atoms with van der Waals surface area (Å²) in [6, 6.07) is 14.1. The number of hydrogen-bond donors (Lipinski definition) is 2. The Kier molecular flexibility index (Phi) is 17.3. The van der Waals surface area contributed by atoms with Crippen LogP contribution in [-0.4, -0.2) is 30.6 Å². The molecule has 0 fully saturated rings. The lowest BCUT2D eigenvalue weighted by atomic mass is 10.0. The molecule has 0 unspecified atom stereocenters. The molecule has 12 heteroatoms. The third-order valence-corrected chi connectivity index (χ3v) is 4.75. The zero-order valence-corrected chi connectivity index (χ0v) is 21.0. The molecule has 0 heterocycles. The maximum Gasteiger partial charge on any atom is 0.216 e. The van der Waals surface area contributed by atoms with E-state index in [0.717, 1.165) is 11.1 Å². The van der Waals surface area contributed by atoms with Crippen LogP contribution in [0.2, 0.25) is 0 Å². The number of Topliss-reactive ketones (excluding diaryl/α,β-unsaturated/α-hetero) is 2. The van der Waals surface area contributed by atoms with Crippen LogP contribution in [0.3, 0.4) is 0 Å². The van der Waals surface area contributed by atoms with E-state index in [9.17, 15) is 14.4 Å². The van der Waals surface area contributed by atoms with Gasteiger partial charge in [0.25, 0.3) is 0 Å². The Bertz CT molecular complexity index is 1060. The molecule has 11 nitrogen and oxygen atoms in total. The lowest BCUT2D eigenvalue weighted by Crippen LogP contribution is -2.21. The minimum atomic E-state index is -0.0881. The maximum absolute atomic E-state index is 11.8. The molecule has 3 N–H and O–H groups in total. The summed E-state index contributed by atoms with van der Waals surface area (Å²) in [6.45, 7) is 3.09. The molecule has 0 aliphatic rings. The van der Waals surface area contributed by atoms with Crippen LogP contribution in [0.25, 0.3) is 20.9 Å². The molecule has 0 aliphatic heterocycles. The standard InChI is InChI=1S/C13H16N4O2.C11H14N4O.ClH/c1-10(18)15-8-2-3-13(19)12-6-4-11(5-7-12)9-16-17-14;12-7-1-2-11(16)10-5-3-9(4-6-10)8-14-15-13;/h4-7H,2-3,8-9H2,1H3,(H,15,18);3-6H,1-2,7-8,12H2;1H. The fourth-order valence-electron chi connectivity index (χ4n) is 2.88. The van der Waals surface area contributed by atoms with Crippen molar-refractivity contribution in [2.24, 2.45) is 16.0 Å². The summed E-state index contributed by atoms with van der Waals surface area (Å²) in [5, 5.41) is 9.54. The van der Waals surface area contributed by atoms with Gasteiger partial charge in [0.15, 0.2) is 11.6 Å². The summed E-state index contributed by atoms with van der Waals surface area (Å²) in [6.07, 6.45) is 2.21. The Labute approximate surface area is 216 Å². The van der Waals surface area contributed by atoms with Gasteiger partial charge in [0.1, 0.15) is 0 Å². The highest BCUT2D eigenvalue weighted by Gasteiger charge is 2.06. The average molecular weight is 515 g/mol. The predicted molar refractivity (Wildman–Crippen MR) is 141 cm³/mol. The predicted octanol–water partition coefficient (Wildman–Crippen LogP) is 5.44. The van der Waals surface area contributed by atoms with Gasteiger partial charge in [0, 0.05) is 47.3 Å². The van der Waals surface area contributed by atoms with Crippen molar-refractivity contribution in [3.8, 4) is 0 Å². The largest absolute Gasteiger partial charge is 0.356 e. The van der Waals surface area contributed by atoms with Gasteiger partial charge in [-0.25, -0.2) is 0 Å². The monoisotopic (exact) mass is 514 g/mol. The number of carbonyl (C=O) groups is 3. The third kappa shape index (κ3) is 13.7. The van der Waals surface area contributed by atoms with E-state index in [1.807, 2.05) is 0 Å². The molecule has 0 radical (unpaired) electrons. The van der Waals surface area contributed by atoms with Gasteiger partial charge in [-0.2, -0.15) is 0 Å². The first-order valence-corrected chi connectivity index (χ1v) is 11.1.